The lowest BCUT2D eigenvalue weighted by molar-refractivity contribution is 0.0538. The Hall–Kier alpha value is -5.07. The molecule has 0 fully saturated rings. The number of para-hydroxylation sites is 6. The molecule has 7 rings (SSSR count). The van der Waals surface area contributed by atoms with Gasteiger partial charge in [0.15, 0.2) is 5.75 Å². The predicted molar refractivity (Wildman–Crippen MR) is 299 cm³/mol. The van der Waals surface area contributed by atoms with E-state index >= 15 is 0 Å². The van der Waals surface area contributed by atoms with E-state index in [0.29, 0.717) is 80.1 Å². The summed E-state index contributed by atoms with van der Waals surface area (Å²) in [5, 5.41) is 0. The molecule has 2 atom stereocenters. The molecule has 0 bridgehead atoms. The highest BCUT2D eigenvalue weighted by molar-refractivity contribution is 7.78. The van der Waals surface area contributed by atoms with Crippen molar-refractivity contribution in [3.63, 3.8) is 0 Å². The van der Waals surface area contributed by atoms with E-state index in [-0.39, 0.29) is 0 Å². The summed E-state index contributed by atoms with van der Waals surface area (Å²) < 4.78 is 39.5. The maximum Gasteiger partial charge on any atom is 0.447 e. The van der Waals surface area contributed by atoms with Crippen molar-refractivity contribution in [3.05, 3.63) is 179 Å². The van der Waals surface area contributed by atoms with Crippen LogP contribution in [0.15, 0.2) is 156 Å². The fourth-order valence-corrected chi connectivity index (χ4v) is 15.8. The smallest absolute Gasteiger partial charge is 0.440 e. The number of nitrogens with two attached hydrogens (primary N) is 5. The van der Waals surface area contributed by atoms with Crippen molar-refractivity contribution >= 4 is 24.6 Å². The lowest BCUT2D eigenvalue weighted by Crippen LogP contribution is -2.37. The van der Waals surface area contributed by atoms with Crippen LogP contribution in [-0.2, 0) is 32.1 Å². The third-order valence-corrected chi connectivity index (χ3v) is 18.9. The number of benzene rings is 6. The number of unbranched alkanes of at least 4 members (excludes halogenated alkanes) is 5. The van der Waals surface area contributed by atoms with E-state index in [1.807, 2.05) is 121 Å². The molecule has 0 saturated heterocycles. The highest BCUT2D eigenvalue weighted by atomic mass is 31.3. The van der Waals surface area contributed by atoms with Crippen molar-refractivity contribution in [3.8, 4) is 34.5 Å². The van der Waals surface area contributed by atoms with Gasteiger partial charge in [0.05, 0.1) is 0 Å². The quantitative estimate of drug-likeness (QED) is 0.0197. The molecule has 0 radical (unpaired) electrons. The number of nitrogens with zero attached hydrogens (tertiary/aromatic N) is 3. The molecule has 0 amide bonds. The summed E-state index contributed by atoms with van der Waals surface area (Å²) in [4.78, 5) is 14.6. The molecule has 1 aliphatic rings. The van der Waals surface area contributed by atoms with Crippen LogP contribution < -0.4 is 56.4 Å². The fourth-order valence-electron chi connectivity index (χ4n) is 8.19. The number of rotatable bonds is 32. The van der Waals surface area contributed by atoms with Crippen LogP contribution in [0.1, 0.15) is 92.0 Å². The lowest BCUT2D eigenvalue weighted by atomic mass is 10.1. The summed E-state index contributed by atoms with van der Waals surface area (Å²) in [5.41, 5.74) is 35.1. The predicted octanol–water partition coefficient (Wildman–Crippen LogP) is 12.7. The molecule has 6 aromatic carbocycles. The van der Waals surface area contributed by atoms with Crippen molar-refractivity contribution in [2.45, 2.75) is 96.3 Å². The Morgan fingerprint density at radius 1 is 0.370 bits per heavy atom. The summed E-state index contributed by atoms with van der Waals surface area (Å²) in [6.45, 7) is 2.92. The Morgan fingerprint density at radius 2 is 0.712 bits per heavy atom. The molecule has 2 unspecified atom stereocenters. The molecule has 14 nitrogen and oxygen atoms in total. The highest BCUT2D eigenvalue weighted by Crippen LogP contribution is 2.78. The molecule has 0 aromatic heterocycles. The van der Waals surface area contributed by atoms with Crippen LogP contribution in [0, 0.1) is 0 Å². The maximum absolute atomic E-state index is 7.64. The van der Waals surface area contributed by atoms with Gasteiger partial charge in [-0.15, -0.1) is 4.52 Å². The summed E-state index contributed by atoms with van der Waals surface area (Å²) in [5.74, 6) is 3.60. The second-order valence-electron chi connectivity index (χ2n) is 17.7. The molecule has 390 valence electrons. The van der Waals surface area contributed by atoms with Crippen molar-refractivity contribution in [1.82, 2.24) is 9.21 Å². The van der Waals surface area contributed by atoms with E-state index in [1.165, 1.54) is 0 Å². The van der Waals surface area contributed by atoms with Crippen LogP contribution in [0.3, 0.4) is 0 Å². The second kappa shape index (κ2) is 30.3. The van der Waals surface area contributed by atoms with Crippen LogP contribution in [0.25, 0.3) is 0 Å². The number of hydrogen-bond acceptors (Lipinski definition) is 14. The van der Waals surface area contributed by atoms with Gasteiger partial charge >= 0.3 is 24.6 Å². The fraction of sp³-hybridized carbons (Fsp3) is 0.357. The zero-order valence-corrected chi connectivity index (χ0v) is 44.8. The molecule has 17 heteroatoms. The lowest BCUT2D eigenvalue weighted by Gasteiger charge is -2.44. The third-order valence-electron chi connectivity index (χ3n) is 12.1. The van der Waals surface area contributed by atoms with Gasteiger partial charge in [0.2, 0.25) is 0 Å². The van der Waals surface area contributed by atoms with E-state index in [2.05, 4.69) is 30.3 Å². The minimum absolute atomic E-state index is 0.508. The van der Waals surface area contributed by atoms with Crippen molar-refractivity contribution in [2.75, 3.05) is 32.7 Å². The van der Waals surface area contributed by atoms with Gasteiger partial charge in [-0.05, 0) is 199 Å². The highest BCUT2D eigenvalue weighted by Gasteiger charge is 2.58. The molecule has 73 heavy (non-hydrogen) atoms. The summed E-state index contributed by atoms with van der Waals surface area (Å²) in [7, 11) is -8.66. The van der Waals surface area contributed by atoms with Gasteiger partial charge in [-0.1, -0.05) is 109 Å². The van der Waals surface area contributed by atoms with Gasteiger partial charge in [0.25, 0.3) is 0 Å². The van der Waals surface area contributed by atoms with E-state index < -0.39 is 24.6 Å². The molecule has 1 aliphatic heterocycles. The first-order chi connectivity index (χ1) is 36.0. The Kier molecular flexibility index (Phi) is 23.1. The molecule has 0 spiro atoms. The first kappa shape index (κ1) is 55.7. The Bertz CT molecular complexity index is 2560. The van der Waals surface area contributed by atoms with Gasteiger partial charge in [0, 0.05) is 9.21 Å². The number of hydrogen-bond donors (Lipinski definition) is 5. The minimum Gasteiger partial charge on any atom is -0.440 e. The SMILES string of the molecule is NCCCCc1ccccc1ON1P(Oc2ccccc2CCCCN)N=P(Oc2ccccc2CCCCN)(Oc2ccccc2CCCCN)N(Oc2ccccc2)P1Oc1ccccc1CCCCN. The zero-order valence-electron chi connectivity index (χ0n) is 42.1. The molecule has 0 aliphatic carbocycles. The molecule has 6 aromatic rings. The first-order valence-corrected chi connectivity index (χ1v) is 29.7. The topological polar surface area (TPSA) is 204 Å². The largest absolute Gasteiger partial charge is 0.447 e. The standard InChI is InChI=1S/C56H75N8O6P3/c57-41-19-14-29-46-24-4-9-36-52(46)66-63-71(67-53-37-10-5-25-47(53)30-15-20-42-58)62-73(69-55-39-12-7-27-49(55)32-17-22-44-60,70-56-40-13-8-28-50(56)33-18-23-45-61)64(65-51-34-2-1-3-35-51)72(63)68-54-38-11-6-26-48(54)31-16-21-43-59/h1-13,24-28,34-40H,14-23,29-33,41-45,57-61H2. The second-order valence-corrected chi connectivity index (χ2v) is 23.2. The number of aryl methyl sites for hydroxylation is 5. The van der Waals surface area contributed by atoms with Crippen LogP contribution in [0.2, 0.25) is 0 Å². The summed E-state index contributed by atoms with van der Waals surface area (Å²) >= 11 is 0. The molecular weight excluding hydrogens is 974 g/mol. The third kappa shape index (κ3) is 16.2. The van der Waals surface area contributed by atoms with Crippen LogP contribution in [-0.4, -0.2) is 41.9 Å². The van der Waals surface area contributed by atoms with Crippen LogP contribution in [0.5, 0.6) is 34.5 Å². The maximum atomic E-state index is 7.64. The molecule has 10 N–H and O–H groups in total. The van der Waals surface area contributed by atoms with Crippen molar-refractivity contribution in [1.29, 1.82) is 0 Å². The average Bonchev–Trinajstić information content (AvgIpc) is 3.41. The average molecular weight is 1050 g/mol. The van der Waals surface area contributed by atoms with Crippen LogP contribution in [0.4, 0.5) is 0 Å². The van der Waals surface area contributed by atoms with E-state index in [0.717, 1.165) is 111 Å². The summed E-state index contributed by atoms with van der Waals surface area (Å²) in [6, 6.07) is 49.9. The van der Waals surface area contributed by atoms with Gasteiger partial charge in [0.1, 0.15) is 28.7 Å². The minimum atomic E-state index is -4.06. The Balaban J connectivity index is 1.54. The monoisotopic (exact) mass is 1050 g/mol. The summed E-state index contributed by atoms with van der Waals surface area (Å²) in [6.07, 6.45) is 12.2. The van der Waals surface area contributed by atoms with E-state index in [9.17, 15) is 0 Å². The van der Waals surface area contributed by atoms with E-state index in [1.54, 1.807) is 9.21 Å². The Morgan fingerprint density at radius 3 is 1.14 bits per heavy atom. The van der Waals surface area contributed by atoms with Gasteiger partial charge in [-0.3, -0.25) is 0 Å². The van der Waals surface area contributed by atoms with Crippen LogP contribution >= 0.6 is 24.6 Å². The van der Waals surface area contributed by atoms with E-state index in [4.69, 9.17) is 61.0 Å². The Labute approximate surface area is 435 Å². The molecule has 1 heterocycles. The normalized spacial score (nSPS) is 15.6. The first-order valence-electron chi connectivity index (χ1n) is 25.9. The van der Waals surface area contributed by atoms with Gasteiger partial charge in [-0.2, -0.15) is 0 Å². The van der Waals surface area contributed by atoms with Gasteiger partial charge < -0.3 is 56.4 Å². The molecular formula is C56H75N8O6P3. The van der Waals surface area contributed by atoms with Gasteiger partial charge in [-0.25, -0.2) is 0 Å². The molecule has 0 saturated carbocycles. The van der Waals surface area contributed by atoms with Crippen molar-refractivity contribution in [2.24, 2.45) is 33.2 Å². The zero-order chi connectivity index (χ0) is 50.9. The van der Waals surface area contributed by atoms with Crippen molar-refractivity contribution < 1.29 is 27.8 Å².